The molecular weight excluding hydrogens is 408 g/mol. The molecule has 3 N–H and O–H groups in total. The average molecular weight is 425 g/mol. The van der Waals surface area contributed by atoms with Crippen molar-refractivity contribution in [3.05, 3.63) is 70.0 Å². The van der Waals surface area contributed by atoms with Crippen molar-refractivity contribution in [1.82, 2.24) is 24.9 Å². The van der Waals surface area contributed by atoms with Crippen LogP contribution in [0.4, 0.5) is 20.7 Å². The fourth-order valence-corrected chi connectivity index (χ4v) is 2.83. The quantitative estimate of drug-likeness (QED) is 0.500. The summed E-state index contributed by atoms with van der Waals surface area (Å²) < 4.78 is 33.0. The third-order valence-electron chi connectivity index (χ3n) is 4.26. The molecule has 0 radical (unpaired) electrons. The van der Waals surface area contributed by atoms with Gasteiger partial charge in [-0.2, -0.15) is 15.0 Å². The molecule has 0 bridgehead atoms. The number of nitrogen functional groups attached to an aromatic ring is 1. The zero-order chi connectivity index (χ0) is 22.1. The highest BCUT2D eigenvalue weighted by Gasteiger charge is 2.14. The van der Waals surface area contributed by atoms with Gasteiger partial charge < -0.3 is 20.4 Å². The zero-order valence-corrected chi connectivity index (χ0v) is 16.6. The highest BCUT2D eigenvalue weighted by molar-refractivity contribution is 5.79. The number of nitrogens with one attached hydrogen (secondary N) is 1. The van der Waals surface area contributed by atoms with Crippen LogP contribution in [-0.2, 0) is 6.42 Å². The Morgan fingerprint density at radius 2 is 1.81 bits per heavy atom. The molecule has 2 aromatic heterocycles. The largest absolute Gasteiger partial charge is 0.454 e. The van der Waals surface area contributed by atoms with Crippen LogP contribution >= 0.6 is 0 Å². The van der Waals surface area contributed by atoms with E-state index in [9.17, 15) is 13.6 Å². The van der Waals surface area contributed by atoms with E-state index < -0.39 is 17.2 Å². The van der Waals surface area contributed by atoms with Crippen LogP contribution in [0.25, 0.3) is 10.9 Å². The highest BCUT2D eigenvalue weighted by atomic mass is 19.1. The van der Waals surface area contributed by atoms with Gasteiger partial charge in [-0.1, -0.05) is 0 Å². The van der Waals surface area contributed by atoms with Crippen molar-refractivity contribution in [2.75, 3.05) is 24.7 Å². The van der Waals surface area contributed by atoms with Crippen molar-refractivity contribution in [2.24, 2.45) is 0 Å². The number of nitrogens with zero attached hydrogens (tertiary/aromatic N) is 5. The van der Waals surface area contributed by atoms with Gasteiger partial charge in [-0.25, -0.2) is 13.8 Å². The Morgan fingerprint density at radius 1 is 1.06 bits per heavy atom. The normalized spacial score (nSPS) is 11.0. The van der Waals surface area contributed by atoms with Crippen LogP contribution in [0.15, 0.2) is 41.2 Å². The van der Waals surface area contributed by atoms with Crippen molar-refractivity contribution in [2.45, 2.75) is 6.42 Å². The first-order valence-electron chi connectivity index (χ1n) is 9.12. The fourth-order valence-electron chi connectivity index (χ4n) is 2.83. The lowest BCUT2D eigenvalue weighted by atomic mass is 10.2. The number of aromatic nitrogens is 5. The molecule has 2 heterocycles. The van der Waals surface area contributed by atoms with Crippen molar-refractivity contribution in [3.63, 3.8) is 0 Å². The van der Waals surface area contributed by atoms with Crippen LogP contribution in [0.2, 0.25) is 0 Å². The molecule has 11 heteroatoms. The molecular formula is C20H17F2N7O2. The van der Waals surface area contributed by atoms with Gasteiger partial charge >= 0.3 is 0 Å². The van der Waals surface area contributed by atoms with Gasteiger partial charge in [-0.15, -0.1) is 0 Å². The fraction of sp³-hybridized carbons (Fsp3) is 0.150. The van der Waals surface area contributed by atoms with Crippen LogP contribution in [0.1, 0.15) is 11.6 Å². The number of aromatic amines is 1. The number of hydrogen-bond acceptors (Lipinski definition) is 8. The molecule has 0 spiro atoms. The zero-order valence-electron chi connectivity index (χ0n) is 16.6. The van der Waals surface area contributed by atoms with E-state index in [1.807, 2.05) is 0 Å². The van der Waals surface area contributed by atoms with Crippen molar-refractivity contribution in [3.8, 4) is 11.5 Å². The number of benzene rings is 2. The lowest BCUT2D eigenvalue weighted by Gasteiger charge is -2.11. The number of ether oxygens (including phenoxy) is 1. The smallest absolute Gasteiger partial charge is 0.258 e. The summed E-state index contributed by atoms with van der Waals surface area (Å²) in [7, 11) is 3.51. The predicted molar refractivity (Wildman–Crippen MR) is 110 cm³/mol. The number of hydrogen-bond donors (Lipinski definition) is 2. The highest BCUT2D eigenvalue weighted by Crippen LogP contribution is 2.27. The Balaban J connectivity index is 1.68. The second-order valence-corrected chi connectivity index (χ2v) is 6.85. The molecule has 0 saturated carbocycles. The summed E-state index contributed by atoms with van der Waals surface area (Å²) in [5.74, 6) is -0.193. The Hall–Kier alpha value is -4.15. The summed E-state index contributed by atoms with van der Waals surface area (Å²) in [5, 5.41) is 0.131. The molecule has 0 aliphatic rings. The first-order chi connectivity index (χ1) is 14.8. The minimum absolute atomic E-state index is 0.0328. The molecule has 31 heavy (non-hydrogen) atoms. The van der Waals surface area contributed by atoms with Crippen LogP contribution in [0.3, 0.4) is 0 Å². The van der Waals surface area contributed by atoms with E-state index in [2.05, 4.69) is 24.9 Å². The molecule has 0 atom stereocenters. The summed E-state index contributed by atoms with van der Waals surface area (Å²) in [5.41, 5.74) is 5.36. The number of fused-ring (bicyclic) bond motifs is 1. The third kappa shape index (κ3) is 4.39. The van der Waals surface area contributed by atoms with E-state index in [0.29, 0.717) is 11.8 Å². The lowest BCUT2D eigenvalue weighted by Crippen LogP contribution is -2.18. The molecule has 4 rings (SSSR count). The Morgan fingerprint density at radius 3 is 2.52 bits per heavy atom. The molecule has 9 nitrogen and oxygen atoms in total. The van der Waals surface area contributed by atoms with Gasteiger partial charge in [-0.05, 0) is 30.3 Å². The second kappa shape index (κ2) is 7.94. The topological polar surface area (TPSA) is 123 Å². The molecule has 0 unspecified atom stereocenters. The Labute approximate surface area is 174 Å². The summed E-state index contributed by atoms with van der Waals surface area (Å²) in [6, 6.07) is 7.42. The molecule has 4 aromatic rings. The number of halogens is 2. The summed E-state index contributed by atoms with van der Waals surface area (Å²) in [4.78, 5) is 33.5. The standard InChI is InChI=1S/C20H17F2N7O2/c1-29(2)20-27-17(26-19(23)28-20)9-16-24-14-8-13(22)15(7-12(14)18(30)25-16)31-11-5-3-10(21)4-6-11/h3-8H,9H2,1-2H3,(H,24,25,30)(H2,23,26,27,28). The molecule has 0 aliphatic carbocycles. The van der Waals surface area contributed by atoms with E-state index in [0.717, 1.165) is 6.07 Å². The van der Waals surface area contributed by atoms with Crippen LogP contribution in [0.5, 0.6) is 11.5 Å². The van der Waals surface area contributed by atoms with Gasteiger partial charge in [0, 0.05) is 20.2 Å². The van der Waals surface area contributed by atoms with Crippen molar-refractivity contribution >= 4 is 22.8 Å². The first-order valence-corrected chi connectivity index (χ1v) is 9.12. The van der Waals surface area contributed by atoms with E-state index in [1.54, 1.807) is 19.0 Å². The molecule has 0 aliphatic heterocycles. The van der Waals surface area contributed by atoms with Crippen LogP contribution in [-0.4, -0.2) is 39.0 Å². The molecule has 2 aromatic carbocycles. The van der Waals surface area contributed by atoms with Gasteiger partial charge in [0.1, 0.15) is 23.2 Å². The van der Waals surface area contributed by atoms with E-state index in [4.69, 9.17) is 10.5 Å². The monoisotopic (exact) mass is 425 g/mol. The first kappa shape index (κ1) is 20.1. The summed E-state index contributed by atoms with van der Waals surface area (Å²) in [6.07, 6.45) is 0.0637. The van der Waals surface area contributed by atoms with Gasteiger partial charge in [0.05, 0.1) is 17.3 Å². The average Bonchev–Trinajstić information content (AvgIpc) is 2.70. The molecule has 158 valence electrons. The number of anilines is 2. The van der Waals surface area contributed by atoms with Gasteiger partial charge in [0.2, 0.25) is 11.9 Å². The Kier molecular flexibility index (Phi) is 5.15. The maximum Gasteiger partial charge on any atom is 0.258 e. The Bertz CT molecular complexity index is 1320. The van der Waals surface area contributed by atoms with E-state index >= 15 is 0 Å². The van der Waals surface area contributed by atoms with Gasteiger partial charge in [-0.3, -0.25) is 4.79 Å². The maximum absolute atomic E-state index is 14.6. The maximum atomic E-state index is 14.6. The molecule has 0 fully saturated rings. The van der Waals surface area contributed by atoms with Crippen LogP contribution < -0.4 is 20.9 Å². The lowest BCUT2D eigenvalue weighted by molar-refractivity contribution is 0.442. The van der Waals surface area contributed by atoms with Crippen molar-refractivity contribution in [1.29, 1.82) is 0 Å². The molecule has 0 amide bonds. The predicted octanol–water partition coefficient (Wildman–Crippen LogP) is 2.42. The van der Waals surface area contributed by atoms with Gasteiger partial charge in [0.25, 0.3) is 5.56 Å². The van der Waals surface area contributed by atoms with E-state index in [1.165, 1.54) is 30.3 Å². The summed E-state index contributed by atoms with van der Waals surface area (Å²) >= 11 is 0. The van der Waals surface area contributed by atoms with Crippen molar-refractivity contribution < 1.29 is 13.5 Å². The number of nitrogens with two attached hydrogens (primary N) is 1. The number of H-pyrrole nitrogens is 1. The molecule has 0 saturated heterocycles. The number of rotatable bonds is 5. The van der Waals surface area contributed by atoms with E-state index in [-0.39, 0.29) is 40.6 Å². The second-order valence-electron chi connectivity index (χ2n) is 6.85. The SMILES string of the molecule is CN(C)c1nc(N)nc(Cc2nc3cc(F)c(Oc4ccc(F)cc4)cc3c(=O)[nH]2)n1. The summed E-state index contributed by atoms with van der Waals surface area (Å²) in [6.45, 7) is 0. The van der Waals surface area contributed by atoms with Crippen LogP contribution in [0, 0.1) is 11.6 Å². The minimum Gasteiger partial charge on any atom is -0.454 e. The van der Waals surface area contributed by atoms with Gasteiger partial charge in [0.15, 0.2) is 11.6 Å². The minimum atomic E-state index is -0.722. The third-order valence-corrected chi connectivity index (χ3v) is 4.26.